The van der Waals surface area contributed by atoms with Gasteiger partial charge in [0, 0.05) is 17.1 Å². The van der Waals surface area contributed by atoms with Crippen molar-refractivity contribution in [3.05, 3.63) is 35.5 Å². The number of hydrogen-bond acceptors (Lipinski definition) is 5. The molecular formula is C16H20N4O2S. The molecule has 0 saturated heterocycles. The quantitative estimate of drug-likeness (QED) is 0.874. The van der Waals surface area contributed by atoms with E-state index in [1.54, 1.807) is 6.20 Å². The maximum absolute atomic E-state index is 11.9. The second-order valence-electron chi connectivity index (χ2n) is 6.11. The van der Waals surface area contributed by atoms with Crippen LogP contribution in [0.3, 0.4) is 0 Å². The molecule has 0 bridgehead atoms. The summed E-state index contributed by atoms with van der Waals surface area (Å²) in [7, 11) is 0. The number of hydrogen-bond donors (Lipinski definition) is 2. The highest BCUT2D eigenvalue weighted by Gasteiger charge is 2.15. The first kappa shape index (κ1) is 17.1. The lowest BCUT2D eigenvalue weighted by molar-refractivity contribution is -0.126. The number of nitrogens with zero attached hydrogens (tertiary/aromatic N) is 2. The zero-order valence-corrected chi connectivity index (χ0v) is 14.2. The molecule has 0 aliphatic rings. The molecule has 0 aliphatic carbocycles. The van der Waals surface area contributed by atoms with Crippen LogP contribution in [0.15, 0.2) is 29.8 Å². The Hall–Kier alpha value is -2.28. The Bertz CT molecular complexity index is 677. The normalized spacial score (nSPS) is 11.1. The smallest absolute Gasteiger partial charge is 0.239 e. The van der Waals surface area contributed by atoms with Gasteiger partial charge in [-0.3, -0.25) is 14.6 Å². The molecule has 0 fully saturated rings. The predicted octanol–water partition coefficient (Wildman–Crippen LogP) is 1.78. The Kier molecular flexibility index (Phi) is 5.44. The third kappa shape index (κ3) is 5.78. The molecule has 0 saturated carbocycles. The first-order chi connectivity index (χ1) is 10.8. The van der Waals surface area contributed by atoms with Crippen molar-refractivity contribution >= 4 is 23.2 Å². The number of thiazole rings is 1. The molecule has 0 aliphatic heterocycles. The molecular weight excluding hydrogens is 312 g/mol. The van der Waals surface area contributed by atoms with Crippen LogP contribution in [0, 0.1) is 0 Å². The third-order valence-electron chi connectivity index (χ3n) is 2.74. The van der Waals surface area contributed by atoms with Crippen molar-refractivity contribution in [2.24, 2.45) is 0 Å². The highest BCUT2D eigenvalue weighted by molar-refractivity contribution is 7.13. The first-order valence-corrected chi connectivity index (χ1v) is 8.15. The minimum absolute atomic E-state index is 0.0344. The van der Waals surface area contributed by atoms with E-state index >= 15 is 0 Å². The van der Waals surface area contributed by atoms with E-state index in [-0.39, 0.29) is 30.3 Å². The summed E-state index contributed by atoms with van der Waals surface area (Å²) in [5.41, 5.74) is 1.15. The van der Waals surface area contributed by atoms with Gasteiger partial charge >= 0.3 is 0 Å². The predicted molar refractivity (Wildman–Crippen MR) is 90.0 cm³/mol. The number of amides is 2. The maximum Gasteiger partial charge on any atom is 0.239 e. The second-order valence-corrected chi connectivity index (χ2v) is 6.97. The minimum Gasteiger partial charge on any atom is -0.350 e. The molecule has 0 spiro atoms. The van der Waals surface area contributed by atoms with Crippen molar-refractivity contribution in [2.45, 2.75) is 32.7 Å². The zero-order valence-electron chi connectivity index (χ0n) is 13.4. The fraction of sp³-hybridized carbons (Fsp3) is 0.375. The van der Waals surface area contributed by atoms with Crippen LogP contribution >= 0.6 is 11.3 Å². The molecule has 0 unspecified atom stereocenters. The Labute approximate surface area is 139 Å². The van der Waals surface area contributed by atoms with E-state index in [1.807, 2.05) is 44.4 Å². The van der Waals surface area contributed by atoms with Crippen LogP contribution < -0.4 is 10.6 Å². The van der Waals surface area contributed by atoms with Crippen LogP contribution in [-0.4, -0.2) is 33.9 Å². The van der Waals surface area contributed by atoms with E-state index in [4.69, 9.17) is 0 Å². The average Bonchev–Trinajstić information content (AvgIpc) is 2.93. The molecule has 122 valence electrons. The molecule has 23 heavy (non-hydrogen) atoms. The lowest BCUT2D eigenvalue weighted by Crippen LogP contribution is -2.46. The van der Waals surface area contributed by atoms with Crippen LogP contribution in [0.5, 0.6) is 0 Å². The summed E-state index contributed by atoms with van der Waals surface area (Å²) < 4.78 is 0. The molecule has 2 heterocycles. The zero-order chi connectivity index (χ0) is 16.9. The fourth-order valence-corrected chi connectivity index (χ4v) is 2.66. The van der Waals surface area contributed by atoms with E-state index < -0.39 is 0 Å². The summed E-state index contributed by atoms with van der Waals surface area (Å²) in [6.07, 6.45) is 1.85. The first-order valence-electron chi connectivity index (χ1n) is 7.27. The van der Waals surface area contributed by atoms with Gasteiger partial charge in [-0.15, -0.1) is 11.3 Å². The number of rotatable bonds is 5. The average molecular weight is 332 g/mol. The molecule has 0 atom stereocenters. The van der Waals surface area contributed by atoms with Gasteiger partial charge in [-0.2, -0.15) is 0 Å². The van der Waals surface area contributed by atoms with Gasteiger partial charge in [0.2, 0.25) is 11.8 Å². The van der Waals surface area contributed by atoms with Gasteiger partial charge < -0.3 is 10.6 Å². The van der Waals surface area contributed by atoms with Crippen LogP contribution in [0.25, 0.3) is 10.7 Å². The van der Waals surface area contributed by atoms with Crippen molar-refractivity contribution in [2.75, 3.05) is 6.54 Å². The SMILES string of the molecule is CC(C)(C)NC(=O)CNC(=O)Cc1csc(-c2ccccn2)n1. The van der Waals surface area contributed by atoms with Crippen LogP contribution in [0.2, 0.25) is 0 Å². The highest BCUT2D eigenvalue weighted by atomic mass is 32.1. The van der Waals surface area contributed by atoms with Gasteiger partial charge in [0.25, 0.3) is 0 Å². The summed E-state index contributed by atoms with van der Waals surface area (Å²) in [6, 6.07) is 5.61. The molecule has 2 N–H and O–H groups in total. The molecule has 2 aromatic heterocycles. The molecule has 7 heteroatoms. The number of carbonyl (C=O) groups is 2. The second kappa shape index (κ2) is 7.32. The molecule has 2 aromatic rings. The Balaban J connectivity index is 1.84. The molecule has 2 amide bonds. The van der Waals surface area contributed by atoms with E-state index in [9.17, 15) is 9.59 Å². The maximum atomic E-state index is 11.9. The van der Waals surface area contributed by atoms with E-state index in [0.29, 0.717) is 5.69 Å². The van der Waals surface area contributed by atoms with Gasteiger partial charge in [0.15, 0.2) is 0 Å². The van der Waals surface area contributed by atoms with Crippen molar-refractivity contribution in [3.8, 4) is 10.7 Å². The Morgan fingerprint density at radius 1 is 1.22 bits per heavy atom. The van der Waals surface area contributed by atoms with Gasteiger partial charge in [0.1, 0.15) is 5.01 Å². The monoisotopic (exact) mass is 332 g/mol. The number of carbonyl (C=O) groups excluding carboxylic acids is 2. The fourth-order valence-electron chi connectivity index (χ4n) is 1.86. The Morgan fingerprint density at radius 3 is 2.65 bits per heavy atom. The number of aromatic nitrogens is 2. The largest absolute Gasteiger partial charge is 0.350 e. The molecule has 0 aromatic carbocycles. The van der Waals surface area contributed by atoms with E-state index in [1.165, 1.54) is 11.3 Å². The standard InChI is InChI=1S/C16H20N4O2S/c1-16(2,3)20-14(22)9-18-13(21)8-11-10-23-15(19-11)12-6-4-5-7-17-12/h4-7,10H,8-9H2,1-3H3,(H,18,21)(H,20,22). The Morgan fingerprint density at radius 2 is 2.00 bits per heavy atom. The molecule has 2 rings (SSSR count). The number of pyridine rings is 1. The van der Waals surface area contributed by atoms with Gasteiger partial charge in [-0.1, -0.05) is 6.07 Å². The summed E-state index contributed by atoms with van der Waals surface area (Å²) in [4.78, 5) is 32.2. The van der Waals surface area contributed by atoms with Crippen molar-refractivity contribution in [3.63, 3.8) is 0 Å². The van der Waals surface area contributed by atoms with Gasteiger partial charge in [0.05, 0.1) is 24.4 Å². The van der Waals surface area contributed by atoms with Crippen molar-refractivity contribution < 1.29 is 9.59 Å². The highest BCUT2D eigenvalue weighted by Crippen LogP contribution is 2.21. The summed E-state index contributed by atoms with van der Waals surface area (Å²) in [5, 5.41) is 8.00. The van der Waals surface area contributed by atoms with Crippen LogP contribution in [0.1, 0.15) is 26.5 Å². The van der Waals surface area contributed by atoms with E-state index in [0.717, 1.165) is 10.7 Å². The van der Waals surface area contributed by atoms with Crippen molar-refractivity contribution in [1.82, 2.24) is 20.6 Å². The van der Waals surface area contributed by atoms with Crippen molar-refractivity contribution in [1.29, 1.82) is 0 Å². The van der Waals surface area contributed by atoms with Crippen LogP contribution in [-0.2, 0) is 16.0 Å². The summed E-state index contributed by atoms with van der Waals surface area (Å²) >= 11 is 1.44. The third-order valence-corrected chi connectivity index (χ3v) is 3.65. The van der Waals surface area contributed by atoms with Crippen LogP contribution in [0.4, 0.5) is 0 Å². The minimum atomic E-state index is -0.311. The summed E-state index contributed by atoms with van der Waals surface area (Å²) in [5.74, 6) is -0.440. The number of nitrogens with one attached hydrogen (secondary N) is 2. The van der Waals surface area contributed by atoms with Gasteiger partial charge in [-0.25, -0.2) is 4.98 Å². The molecule has 0 radical (unpaired) electrons. The lowest BCUT2D eigenvalue weighted by atomic mass is 10.1. The van der Waals surface area contributed by atoms with E-state index in [2.05, 4.69) is 20.6 Å². The summed E-state index contributed by atoms with van der Waals surface area (Å²) in [6.45, 7) is 5.64. The van der Waals surface area contributed by atoms with Gasteiger partial charge in [-0.05, 0) is 32.9 Å². The lowest BCUT2D eigenvalue weighted by Gasteiger charge is -2.20. The topological polar surface area (TPSA) is 84.0 Å². The molecule has 6 nitrogen and oxygen atoms in total.